The Morgan fingerprint density at radius 3 is 2.71 bits per heavy atom. The third-order valence-electron chi connectivity index (χ3n) is 3.08. The van der Waals surface area contributed by atoms with E-state index < -0.39 is 5.97 Å². The Balaban J connectivity index is 2.51. The van der Waals surface area contributed by atoms with Gasteiger partial charge in [0.15, 0.2) is 0 Å². The molecule has 0 atom stereocenters. The maximum absolute atomic E-state index is 12.0. The quantitative estimate of drug-likeness (QED) is 0.748. The summed E-state index contributed by atoms with van der Waals surface area (Å²) in [6.07, 6.45) is 0. The SMILES string of the molecule is CCOC(=O)c1oc(-c2ccc(Br)cc2C)nc1C(C)C. The van der Waals surface area contributed by atoms with Crippen LogP contribution in [0.2, 0.25) is 0 Å². The fraction of sp³-hybridized carbons (Fsp3) is 0.375. The lowest BCUT2D eigenvalue weighted by Crippen LogP contribution is -2.07. The number of oxazole rings is 1. The Kier molecular flexibility index (Phi) is 4.83. The highest BCUT2D eigenvalue weighted by atomic mass is 79.9. The maximum atomic E-state index is 12.0. The summed E-state index contributed by atoms with van der Waals surface area (Å²) in [5, 5.41) is 0. The van der Waals surface area contributed by atoms with Crippen molar-refractivity contribution in [3.05, 3.63) is 39.7 Å². The third-order valence-corrected chi connectivity index (χ3v) is 3.57. The van der Waals surface area contributed by atoms with Crippen LogP contribution in [0.3, 0.4) is 0 Å². The number of hydrogen-bond donors (Lipinski definition) is 0. The van der Waals surface area contributed by atoms with Crippen LogP contribution in [0.1, 0.15) is 48.5 Å². The number of carbonyl (C=O) groups is 1. The van der Waals surface area contributed by atoms with Crippen molar-refractivity contribution in [1.29, 1.82) is 0 Å². The van der Waals surface area contributed by atoms with E-state index in [-0.39, 0.29) is 11.7 Å². The van der Waals surface area contributed by atoms with Crippen molar-refractivity contribution < 1.29 is 13.9 Å². The van der Waals surface area contributed by atoms with E-state index in [9.17, 15) is 4.79 Å². The van der Waals surface area contributed by atoms with Crippen LogP contribution in [-0.4, -0.2) is 17.6 Å². The Labute approximate surface area is 132 Å². The molecule has 0 saturated carbocycles. The smallest absolute Gasteiger partial charge is 0.376 e. The number of aryl methyl sites for hydroxylation is 1. The van der Waals surface area contributed by atoms with Crippen LogP contribution in [0.25, 0.3) is 11.5 Å². The minimum absolute atomic E-state index is 0.0812. The zero-order valence-electron chi connectivity index (χ0n) is 12.6. The number of halogens is 1. The monoisotopic (exact) mass is 351 g/mol. The van der Waals surface area contributed by atoms with Gasteiger partial charge in [-0.1, -0.05) is 29.8 Å². The van der Waals surface area contributed by atoms with Crippen molar-refractivity contribution in [3.8, 4) is 11.5 Å². The first kappa shape index (κ1) is 15.8. The van der Waals surface area contributed by atoms with Crippen LogP contribution in [0.4, 0.5) is 0 Å². The highest BCUT2D eigenvalue weighted by molar-refractivity contribution is 9.10. The van der Waals surface area contributed by atoms with Crippen molar-refractivity contribution in [2.45, 2.75) is 33.6 Å². The molecule has 0 spiro atoms. The summed E-state index contributed by atoms with van der Waals surface area (Å²) in [6, 6.07) is 5.83. The number of carbonyl (C=O) groups excluding carboxylic acids is 1. The average molecular weight is 352 g/mol. The third kappa shape index (κ3) is 3.35. The molecule has 0 N–H and O–H groups in total. The van der Waals surface area contributed by atoms with Gasteiger partial charge in [-0.05, 0) is 43.5 Å². The number of aromatic nitrogens is 1. The molecule has 21 heavy (non-hydrogen) atoms. The standard InChI is InChI=1S/C16H18BrNO3/c1-5-20-16(19)14-13(9(2)3)18-15(21-14)12-7-6-11(17)8-10(12)4/h6-9H,5H2,1-4H3. The van der Waals surface area contributed by atoms with Crippen molar-refractivity contribution in [2.24, 2.45) is 0 Å². The van der Waals surface area contributed by atoms with Gasteiger partial charge in [0.25, 0.3) is 0 Å². The second kappa shape index (κ2) is 6.43. The zero-order chi connectivity index (χ0) is 15.6. The number of rotatable bonds is 4. The van der Waals surface area contributed by atoms with Crippen LogP contribution in [0.15, 0.2) is 27.1 Å². The largest absolute Gasteiger partial charge is 0.460 e. The summed E-state index contributed by atoms with van der Waals surface area (Å²) in [6.45, 7) is 7.99. The molecule has 0 saturated heterocycles. The Morgan fingerprint density at radius 1 is 1.43 bits per heavy atom. The summed E-state index contributed by atoms with van der Waals surface area (Å²) in [4.78, 5) is 16.5. The number of ether oxygens (including phenoxy) is 1. The summed E-state index contributed by atoms with van der Waals surface area (Å²) in [5.41, 5.74) is 2.53. The number of benzene rings is 1. The van der Waals surface area contributed by atoms with Crippen molar-refractivity contribution >= 4 is 21.9 Å². The summed E-state index contributed by atoms with van der Waals surface area (Å²) in [7, 11) is 0. The van der Waals surface area contributed by atoms with E-state index in [4.69, 9.17) is 9.15 Å². The molecule has 2 aromatic rings. The number of hydrogen-bond acceptors (Lipinski definition) is 4. The molecule has 0 aliphatic rings. The van der Waals surface area contributed by atoms with E-state index in [2.05, 4.69) is 20.9 Å². The van der Waals surface area contributed by atoms with Gasteiger partial charge >= 0.3 is 5.97 Å². The second-order valence-corrected chi connectivity index (χ2v) is 5.98. The zero-order valence-corrected chi connectivity index (χ0v) is 14.2. The van der Waals surface area contributed by atoms with Crippen LogP contribution in [0, 0.1) is 6.92 Å². The Morgan fingerprint density at radius 2 is 2.14 bits per heavy atom. The Bertz CT molecular complexity index is 662. The summed E-state index contributed by atoms with van der Waals surface area (Å²) < 4.78 is 11.7. The summed E-state index contributed by atoms with van der Waals surface area (Å²) >= 11 is 3.43. The van der Waals surface area contributed by atoms with Crippen LogP contribution in [-0.2, 0) is 4.74 Å². The molecule has 4 nitrogen and oxygen atoms in total. The van der Waals surface area contributed by atoms with Gasteiger partial charge < -0.3 is 9.15 Å². The molecule has 1 aromatic heterocycles. The number of esters is 1. The van der Waals surface area contributed by atoms with Gasteiger partial charge in [0, 0.05) is 10.0 Å². The van der Waals surface area contributed by atoms with Gasteiger partial charge in [-0.15, -0.1) is 0 Å². The molecule has 0 amide bonds. The molecular weight excluding hydrogens is 334 g/mol. The first-order chi connectivity index (χ1) is 9.93. The van der Waals surface area contributed by atoms with E-state index in [0.29, 0.717) is 18.2 Å². The molecule has 0 bridgehead atoms. The highest BCUT2D eigenvalue weighted by Gasteiger charge is 2.24. The lowest BCUT2D eigenvalue weighted by molar-refractivity contribution is 0.0488. The molecule has 0 aliphatic carbocycles. The fourth-order valence-corrected chi connectivity index (χ4v) is 2.52. The molecule has 112 valence electrons. The van der Waals surface area contributed by atoms with Crippen LogP contribution >= 0.6 is 15.9 Å². The first-order valence-corrected chi connectivity index (χ1v) is 7.67. The van der Waals surface area contributed by atoms with E-state index in [1.165, 1.54) is 0 Å². The molecule has 5 heteroatoms. The van der Waals surface area contributed by atoms with E-state index in [0.717, 1.165) is 15.6 Å². The fourth-order valence-electron chi connectivity index (χ4n) is 2.05. The summed E-state index contributed by atoms with van der Waals surface area (Å²) in [5.74, 6) is 0.267. The van der Waals surface area contributed by atoms with Crippen molar-refractivity contribution in [2.75, 3.05) is 6.61 Å². The van der Waals surface area contributed by atoms with E-state index >= 15 is 0 Å². The molecule has 1 aromatic carbocycles. The minimum Gasteiger partial charge on any atom is -0.460 e. The van der Waals surface area contributed by atoms with E-state index in [1.807, 2.05) is 39.0 Å². The lowest BCUT2D eigenvalue weighted by atomic mass is 10.1. The Hall–Kier alpha value is -1.62. The lowest BCUT2D eigenvalue weighted by Gasteiger charge is -2.02. The average Bonchev–Trinajstić information content (AvgIpc) is 2.84. The van der Waals surface area contributed by atoms with Gasteiger partial charge in [0.05, 0.1) is 12.3 Å². The molecule has 0 radical (unpaired) electrons. The molecular formula is C16H18BrNO3. The minimum atomic E-state index is -0.463. The predicted octanol–water partition coefficient (Wildman–Crippen LogP) is 4.71. The molecule has 0 aliphatic heterocycles. The van der Waals surface area contributed by atoms with Gasteiger partial charge in [-0.2, -0.15) is 0 Å². The molecule has 2 rings (SSSR count). The van der Waals surface area contributed by atoms with Gasteiger partial charge in [-0.3, -0.25) is 0 Å². The molecule has 0 unspecified atom stereocenters. The highest BCUT2D eigenvalue weighted by Crippen LogP contribution is 2.30. The molecule has 0 fully saturated rings. The first-order valence-electron chi connectivity index (χ1n) is 6.88. The normalized spacial score (nSPS) is 11.0. The van der Waals surface area contributed by atoms with Gasteiger partial charge in [-0.25, -0.2) is 9.78 Å². The van der Waals surface area contributed by atoms with Crippen LogP contribution < -0.4 is 0 Å². The predicted molar refractivity (Wildman–Crippen MR) is 84.4 cm³/mol. The van der Waals surface area contributed by atoms with E-state index in [1.54, 1.807) is 6.92 Å². The second-order valence-electron chi connectivity index (χ2n) is 5.07. The van der Waals surface area contributed by atoms with Gasteiger partial charge in [0.2, 0.25) is 11.7 Å². The van der Waals surface area contributed by atoms with Crippen LogP contribution in [0.5, 0.6) is 0 Å². The number of nitrogens with zero attached hydrogens (tertiary/aromatic N) is 1. The van der Waals surface area contributed by atoms with Crippen molar-refractivity contribution in [3.63, 3.8) is 0 Å². The van der Waals surface area contributed by atoms with Crippen molar-refractivity contribution in [1.82, 2.24) is 4.98 Å². The van der Waals surface area contributed by atoms with Gasteiger partial charge in [0.1, 0.15) is 0 Å². The topological polar surface area (TPSA) is 52.3 Å². The molecule has 1 heterocycles. The maximum Gasteiger partial charge on any atom is 0.376 e.